The van der Waals surface area contributed by atoms with E-state index in [-0.39, 0.29) is 11.9 Å². The average molecular weight is 300 g/mol. The van der Waals surface area contributed by atoms with Gasteiger partial charge in [0.15, 0.2) is 0 Å². The van der Waals surface area contributed by atoms with Crippen molar-refractivity contribution in [3.05, 3.63) is 34.3 Å². The van der Waals surface area contributed by atoms with Gasteiger partial charge in [-0.15, -0.1) is 0 Å². The summed E-state index contributed by atoms with van der Waals surface area (Å²) in [7, 11) is 0. The Bertz CT molecular complexity index is 351. The van der Waals surface area contributed by atoms with Gasteiger partial charge in [-0.1, -0.05) is 41.9 Å². The highest BCUT2D eigenvalue weighted by molar-refractivity contribution is 9.10. The lowest BCUT2D eigenvalue weighted by Crippen LogP contribution is -2.27. The van der Waals surface area contributed by atoms with E-state index in [1.807, 2.05) is 38.1 Å². The molecule has 0 radical (unpaired) electrons. The number of rotatable bonds is 6. The zero-order valence-electron chi connectivity index (χ0n) is 10.2. The van der Waals surface area contributed by atoms with Crippen LogP contribution in [0.2, 0.25) is 0 Å². The van der Waals surface area contributed by atoms with Crippen LogP contribution in [-0.2, 0) is 16.1 Å². The molecular weight excluding hydrogens is 282 g/mol. The second-order valence-electron chi connectivity index (χ2n) is 3.94. The van der Waals surface area contributed by atoms with Gasteiger partial charge in [0, 0.05) is 11.0 Å². The zero-order valence-corrected chi connectivity index (χ0v) is 11.8. The Hall–Kier alpha value is -0.870. The Morgan fingerprint density at radius 2 is 2.06 bits per heavy atom. The van der Waals surface area contributed by atoms with Gasteiger partial charge in [-0.05, 0) is 24.2 Å². The molecule has 1 aromatic rings. The molecule has 1 aromatic carbocycles. The third-order valence-corrected chi connectivity index (χ3v) is 2.93. The molecule has 3 nitrogen and oxygen atoms in total. The molecule has 0 heterocycles. The molecule has 0 aromatic heterocycles. The molecule has 1 rings (SSSR count). The molecule has 0 spiro atoms. The van der Waals surface area contributed by atoms with E-state index in [2.05, 4.69) is 21.2 Å². The fourth-order valence-electron chi connectivity index (χ4n) is 1.32. The van der Waals surface area contributed by atoms with Crippen molar-refractivity contribution in [2.24, 2.45) is 5.92 Å². The lowest BCUT2D eigenvalue weighted by molar-refractivity contribution is -0.149. The molecule has 0 fully saturated rings. The fourth-order valence-corrected chi connectivity index (χ4v) is 1.59. The van der Waals surface area contributed by atoms with Crippen molar-refractivity contribution >= 4 is 21.9 Å². The summed E-state index contributed by atoms with van der Waals surface area (Å²) in [5.41, 5.74) is 0.997. The van der Waals surface area contributed by atoms with Crippen LogP contribution < -0.4 is 5.32 Å². The smallest absolute Gasteiger partial charge is 0.310 e. The Morgan fingerprint density at radius 3 is 2.65 bits per heavy atom. The second kappa shape index (κ2) is 7.45. The molecule has 0 aliphatic heterocycles. The summed E-state index contributed by atoms with van der Waals surface area (Å²) in [6.45, 7) is 5.75. The van der Waals surface area contributed by atoms with Gasteiger partial charge in [0.2, 0.25) is 0 Å². The van der Waals surface area contributed by atoms with E-state index < -0.39 is 0 Å². The number of hydrogen-bond donors (Lipinski definition) is 1. The largest absolute Gasteiger partial charge is 0.461 e. The number of carbonyl (C=O) groups is 1. The molecule has 1 atom stereocenters. The first-order chi connectivity index (χ1) is 8.13. The quantitative estimate of drug-likeness (QED) is 0.821. The van der Waals surface area contributed by atoms with Gasteiger partial charge < -0.3 is 10.1 Å². The Morgan fingerprint density at radius 1 is 1.41 bits per heavy atom. The normalized spacial score (nSPS) is 12.2. The van der Waals surface area contributed by atoms with Crippen LogP contribution in [-0.4, -0.2) is 19.1 Å². The van der Waals surface area contributed by atoms with Crippen molar-refractivity contribution in [3.8, 4) is 0 Å². The minimum atomic E-state index is -0.158. The van der Waals surface area contributed by atoms with Gasteiger partial charge in [0.25, 0.3) is 0 Å². The number of nitrogens with one attached hydrogen (secondary N) is 1. The summed E-state index contributed by atoms with van der Waals surface area (Å²) in [6, 6.07) is 7.75. The van der Waals surface area contributed by atoms with E-state index in [4.69, 9.17) is 4.74 Å². The van der Waals surface area contributed by atoms with Crippen LogP contribution >= 0.6 is 15.9 Å². The Kier molecular flexibility index (Phi) is 6.22. The highest BCUT2D eigenvalue weighted by atomic mass is 79.9. The number of benzene rings is 1. The van der Waals surface area contributed by atoms with E-state index >= 15 is 0 Å². The van der Waals surface area contributed by atoms with E-state index in [9.17, 15) is 4.79 Å². The lowest BCUT2D eigenvalue weighted by atomic mass is 10.2. The van der Waals surface area contributed by atoms with Crippen LogP contribution in [0.25, 0.3) is 0 Å². The van der Waals surface area contributed by atoms with Gasteiger partial charge in [0.05, 0.1) is 5.92 Å². The summed E-state index contributed by atoms with van der Waals surface area (Å²) in [5, 5.41) is 3.13. The lowest BCUT2D eigenvalue weighted by Gasteiger charge is -2.11. The van der Waals surface area contributed by atoms with E-state index in [0.717, 1.165) is 16.6 Å². The molecular formula is C13H18BrNO2. The molecule has 1 N–H and O–H groups in total. The third-order valence-electron chi connectivity index (χ3n) is 2.40. The number of carbonyl (C=O) groups excluding carboxylic acids is 1. The molecule has 0 amide bonds. The van der Waals surface area contributed by atoms with Crippen LogP contribution in [0.4, 0.5) is 0 Å². The van der Waals surface area contributed by atoms with Crippen molar-refractivity contribution in [1.82, 2.24) is 5.32 Å². The van der Waals surface area contributed by atoms with Crippen molar-refractivity contribution in [3.63, 3.8) is 0 Å². The zero-order chi connectivity index (χ0) is 12.7. The Labute approximate surface area is 111 Å². The summed E-state index contributed by atoms with van der Waals surface area (Å²) in [4.78, 5) is 11.6. The van der Waals surface area contributed by atoms with Crippen LogP contribution in [0.5, 0.6) is 0 Å². The predicted octanol–water partition coefficient (Wildman–Crippen LogP) is 2.74. The van der Waals surface area contributed by atoms with E-state index in [1.165, 1.54) is 0 Å². The molecule has 0 aliphatic rings. The van der Waals surface area contributed by atoms with Gasteiger partial charge in [-0.25, -0.2) is 0 Å². The topological polar surface area (TPSA) is 38.3 Å². The molecule has 94 valence electrons. The first-order valence-electron chi connectivity index (χ1n) is 5.75. The van der Waals surface area contributed by atoms with Crippen LogP contribution in [0.3, 0.4) is 0 Å². The van der Waals surface area contributed by atoms with E-state index in [0.29, 0.717) is 13.2 Å². The molecule has 0 aliphatic carbocycles. The maximum absolute atomic E-state index is 11.6. The predicted molar refractivity (Wildman–Crippen MR) is 71.6 cm³/mol. The van der Waals surface area contributed by atoms with Gasteiger partial charge >= 0.3 is 5.97 Å². The third kappa shape index (κ3) is 5.33. The van der Waals surface area contributed by atoms with Gasteiger partial charge in [0.1, 0.15) is 6.61 Å². The van der Waals surface area contributed by atoms with Crippen molar-refractivity contribution < 1.29 is 9.53 Å². The maximum Gasteiger partial charge on any atom is 0.310 e. The van der Waals surface area contributed by atoms with Gasteiger partial charge in [-0.2, -0.15) is 0 Å². The summed E-state index contributed by atoms with van der Waals surface area (Å²) in [6.07, 6.45) is 0. The minimum absolute atomic E-state index is 0.106. The number of esters is 1. The second-order valence-corrected chi connectivity index (χ2v) is 4.86. The van der Waals surface area contributed by atoms with Crippen molar-refractivity contribution in [2.45, 2.75) is 20.5 Å². The first kappa shape index (κ1) is 14.2. The molecule has 1 unspecified atom stereocenters. The molecule has 0 saturated carbocycles. The van der Waals surface area contributed by atoms with Gasteiger partial charge in [-0.3, -0.25) is 4.79 Å². The van der Waals surface area contributed by atoms with E-state index in [1.54, 1.807) is 0 Å². The van der Waals surface area contributed by atoms with Crippen LogP contribution in [0.1, 0.15) is 19.4 Å². The molecule has 4 heteroatoms. The number of ether oxygens (including phenoxy) is 1. The fraction of sp³-hybridized carbons (Fsp3) is 0.462. The van der Waals surface area contributed by atoms with Crippen LogP contribution in [0.15, 0.2) is 28.7 Å². The minimum Gasteiger partial charge on any atom is -0.461 e. The van der Waals surface area contributed by atoms with Crippen molar-refractivity contribution in [1.29, 1.82) is 0 Å². The SMILES string of the molecule is CCNCC(C)C(=O)OCc1ccc(Br)cc1. The Balaban J connectivity index is 2.34. The monoisotopic (exact) mass is 299 g/mol. The van der Waals surface area contributed by atoms with Crippen molar-refractivity contribution in [2.75, 3.05) is 13.1 Å². The standard InChI is InChI=1S/C13H18BrNO2/c1-3-15-8-10(2)13(16)17-9-11-4-6-12(14)7-5-11/h4-7,10,15H,3,8-9H2,1-2H3. The highest BCUT2D eigenvalue weighted by Gasteiger charge is 2.13. The number of hydrogen-bond acceptors (Lipinski definition) is 3. The molecule has 17 heavy (non-hydrogen) atoms. The molecule has 0 bridgehead atoms. The average Bonchev–Trinajstić information content (AvgIpc) is 2.34. The summed E-state index contributed by atoms with van der Waals surface area (Å²) >= 11 is 3.36. The van der Waals surface area contributed by atoms with Crippen LogP contribution in [0, 0.1) is 5.92 Å². The highest BCUT2D eigenvalue weighted by Crippen LogP contribution is 2.11. The summed E-state index contributed by atoms with van der Waals surface area (Å²) in [5.74, 6) is -0.265. The molecule has 0 saturated heterocycles. The maximum atomic E-state index is 11.6. The number of halogens is 1. The summed E-state index contributed by atoms with van der Waals surface area (Å²) < 4.78 is 6.25. The first-order valence-corrected chi connectivity index (χ1v) is 6.54.